The third kappa shape index (κ3) is 1.03. The lowest BCUT2D eigenvalue weighted by Gasteiger charge is -2.16. The molecule has 0 unspecified atom stereocenters. The summed E-state index contributed by atoms with van der Waals surface area (Å²) in [5.41, 5.74) is 4.56. The summed E-state index contributed by atoms with van der Waals surface area (Å²) in [6.45, 7) is 3.49. The molecule has 0 spiro atoms. The fourth-order valence-corrected chi connectivity index (χ4v) is 1.48. The van der Waals surface area contributed by atoms with Gasteiger partial charge in [-0.3, -0.25) is 0 Å². The van der Waals surface area contributed by atoms with Crippen molar-refractivity contribution in [2.24, 2.45) is 5.41 Å². The zero-order valence-corrected chi connectivity index (χ0v) is 5.74. The van der Waals surface area contributed by atoms with Crippen molar-refractivity contribution in [2.75, 3.05) is 6.54 Å². The van der Waals surface area contributed by atoms with E-state index in [1.807, 2.05) is 0 Å². The summed E-state index contributed by atoms with van der Waals surface area (Å²) >= 11 is 0. The Kier molecular flexibility index (Phi) is 1.57. The molecule has 1 fully saturated rings. The standard InChI is InChI=1S/C7H15N/c1-7(6-8)4-2-3-5-7/h2-6,8H2,1H3/p+1. The maximum absolute atomic E-state index is 3.94. The summed E-state index contributed by atoms with van der Waals surface area (Å²) in [6, 6.07) is 0. The molecule has 0 heterocycles. The fraction of sp³-hybridized carbons (Fsp3) is 1.00. The molecule has 3 N–H and O–H groups in total. The normalized spacial score (nSPS) is 26.2. The lowest BCUT2D eigenvalue weighted by Crippen LogP contribution is -2.56. The Morgan fingerprint density at radius 1 is 1.38 bits per heavy atom. The molecule has 0 aromatic heterocycles. The molecule has 0 saturated heterocycles. The van der Waals surface area contributed by atoms with E-state index in [2.05, 4.69) is 12.7 Å². The molecule has 1 rings (SSSR count). The molecule has 1 nitrogen and oxygen atoms in total. The highest BCUT2D eigenvalue weighted by Gasteiger charge is 2.28. The second kappa shape index (κ2) is 2.06. The second-order valence-corrected chi connectivity index (χ2v) is 3.27. The largest absolute Gasteiger partial charge is 0.357 e. The molecule has 0 radical (unpaired) electrons. The van der Waals surface area contributed by atoms with Crippen LogP contribution in [-0.4, -0.2) is 6.54 Å². The van der Waals surface area contributed by atoms with Gasteiger partial charge in [0, 0.05) is 5.41 Å². The SMILES string of the molecule is CC1(C[NH3+])CCCC1. The Morgan fingerprint density at radius 3 is 2.12 bits per heavy atom. The van der Waals surface area contributed by atoms with Crippen LogP contribution in [0.1, 0.15) is 32.6 Å². The van der Waals surface area contributed by atoms with Gasteiger partial charge in [0.1, 0.15) is 0 Å². The lowest BCUT2D eigenvalue weighted by molar-refractivity contribution is -0.390. The van der Waals surface area contributed by atoms with Gasteiger partial charge in [-0.05, 0) is 12.8 Å². The van der Waals surface area contributed by atoms with Gasteiger partial charge in [0.2, 0.25) is 0 Å². The van der Waals surface area contributed by atoms with Gasteiger partial charge in [0.05, 0.1) is 6.54 Å². The van der Waals surface area contributed by atoms with E-state index in [9.17, 15) is 0 Å². The van der Waals surface area contributed by atoms with Crippen LogP contribution < -0.4 is 5.73 Å². The van der Waals surface area contributed by atoms with Crippen LogP contribution in [0.2, 0.25) is 0 Å². The Bertz CT molecular complexity index is 72.5. The van der Waals surface area contributed by atoms with Crippen LogP contribution in [-0.2, 0) is 0 Å². The highest BCUT2D eigenvalue weighted by molar-refractivity contribution is 4.78. The van der Waals surface area contributed by atoms with Crippen molar-refractivity contribution < 1.29 is 5.73 Å². The number of rotatable bonds is 1. The van der Waals surface area contributed by atoms with Crippen LogP contribution in [0.4, 0.5) is 0 Å². The highest BCUT2D eigenvalue weighted by Crippen LogP contribution is 2.35. The minimum Gasteiger partial charge on any atom is -0.357 e. The average Bonchev–Trinajstić information content (AvgIpc) is 2.17. The van der Waals surface area contributed by atoms with Crippen LogP contribution in [0, 0.1) is 5.41 Å². The van der Waals surface area contributed by atoms with Crippen molar-refractivity contribution in [1.29, 1.82) is 0 Å². The van der Waals surface area contributed by atoms with E-state index in [1.165, 1.54) is 25.7 Å². The Labute approximate surface area is 51.3 Å². The Hall–Kier alpha value is -0.0400. The summed E-state index contributed by atoms with van der Waals surface area (Å²) in [5.74, 6) is 0. The van der Waals surface area contributed by atoms with E-state index in [0.717, 1.165) is 6.54 Å². The molecule has 8 heavy (non-hydrogen) atoms. The zero-order chi connectivity index (χ0) is 6.04. The lowest BCUT2D eigenvalue weighted by atomic mass is 9.89. The minimum absolute atomic E-state index is 0.625. The Morgan fingerprint density at radius 2 is 1.88 bits per heavy atom. The molecule has 0 aliphatic heterocycles. The smallest absolute Gasteiger partial charge is 0.0794 e. The quantitative estimate of drug-likeness (QED) is 0.522. The average molecular weight is 114 g/mol. The van der Waals surface area contributed by atoms with E-state index in [0.29, 0.717) is 5.41 Å². The van der Waals surface area contributed by atoms with Crippen LogP contribution in [0.3, 0.4) is 0 Å². The molecule has 1 aliphatic rings. The van der Waals surface area contributed by atoms with Crippen LogP contribution >= 0.6 is 0 Å². The molecular weight excluding hydrogens is 98.1 g/mol. The van der Waals surface area contributed by atoms with Gasteiger partial charge in [0.15, 0.2) is 0 Å². The summed E-state index contributed by atoms with van der Waals surface area (Å²) in [6.07, 6.45) is 5.70. The molecule has 0 amide bonds. The first-order valence-electron chi connectivity index (χ1n) is 3.56. The van der Waals surface area contributed by atoms with Crippen molar-refractivity contribution in [3.8, 4) is 0 Å². The molecule has 0 bridgehead atoms. The third-order valence-electron chi connectivity index (χ3n) is 2.41. The van der Waals surface area contributed by atoms with Crippen LogP contribution in [0.15, 0.2) is 0 Å². The van der Waals surface area contributed by atoms with Gasteiger partial charge in [-0.2, -0.15) is 0 Å². The van der Waals surface area contributed by atoms with Crippen LogP contribution in [0.5, 0.6) is 0 Å². The predicted octanol–water partition coefficient (Wildman–Crippen LogP) is 0.809. The van der Waals surface area contributed by atoms with Crippen molar-refractivity contribution in [1.82, 2.24) is 0 Å². The van der Waals surface area contributed by atoms with Crippen molar-refractivity contribution in [3.63, 3.8) is 0 Å². The third-order valence-corrected chi connectivity index (χ3v) is 2.41. The predicted molar refractivity (Wildman–Crippen MR) is 34.3 cm³/mol. The first kappa shape index (κ1) is 6.09. The van der Waals surface area contributed by atoms with Gasteiger partial charge < -0.3 is 5.73 Å². The molecule has 1 saturated carbocycles. The topological polar surface area (TPSA) is 27.6 Å². The van der Waals surface area contributed by atoms with Crippen molar-refractivity contribution in [3.05, 3.63) is 0 Å². The maximum Gasteiger partial charge on any atom is 0.0794 e. The van der Waals surface area contributed by atoms with Crippen molar-refractivity contribution >= 4 is 0 Å². The number of hydrogen-bond acceptors (Lipinski definition) is 0. The molecule has 0 atom stereocenters. The van der Waals surface area contributed by atoms with Gasteiger partial charge in [0.25, 0.3) is 0 Å². The minimum atomic E-state index is 0.625. The number of quaternary nitrogens is 1. The molecule has 1 heteroatoms. The molecule has 0 aromatic carbocycles. The van der Waals surface area contributed by atoms with Crippen molar-refractivity contribution in [2.45, 2.75) is 32.6 Å². The second-order valence-electron chi connectivity index (χ2n) is 3.27. The van der Waals surface area contributed by atoms with Gasteiger partial charge in [-0.1, -0.05) is 19.8 Å². The first-order valence-corrected chi connectivity index (χ1v) is 3.56. The Balaban J connectivity index is 2.40. The van der Waals surface area contributed by atoms with Gasteiger partial charge in [-0.15, -0.1) is 0 Å². The number of hydrogen-bond donors (Lipinski definition) is 1. The maximum atomic E-state index is 3.94. The van der Waals surface area contributed by atoms with Crippen LogP contribution in [0.25, 0.3) is 0 Å². The van der Waals surface area contributed by atoms with E-state index in [4.69, 9.17) is 0 Å². The molecule has 0 aromatic rings. The van der Waals surface area contributed by atoms with Gasteiger partial charge in [-0.25, -0.2) is 0 Å². The van der Waals surface area contributed by atoms with E-state index in [1.54, 1.807) is 0 Å². The molecule has 1 aliphatic carbocycles. The summed E-state index contributed by atoms with van der Waals surface area (Å²) in [7, 11) is 0. The monoisotopic (exact) mass is 114 g/mol. The van der Waals surface area contributed by atoms with E-state index >= 15 is 0 Å². The highest BCUT2D eigenvalue weighted by atomic mass is 14.6. The van der Waals surface area contributed by atoms with Gasteiger partial charge >= 0.3 is 0 Å². The fourth-order valence-electron chi connectivity index (χ4n) is 1.48. The molecule has 48 valence electrons. The molecular formula is C7H16N+. The first-order chi connectivity index (χ1) is 3.77. The summed E-state index contributed by atoms with van der Waals surface area (Å²) < 4.78 is 0. The van der Waals surface area contributed by atoms with E-state index in [-0.39, 0.29) is 0 Å². The summed E-state index contributed by atoms with van der Waals surface area (Å²) in [5, 5.41) is 0. The zero-order valence-electron chi connectivity index (χ0n) is 5.74. The van der Waals surface area contributed by atoms with E-state index < -0.39 is 0 Å². The summed E-state index contributed by atoms with van der Waals surface area (Å²) in [4.78, 5) is 0.